The predicted octanol–water partition coefficient (Wildman–Crippen LogP) is 4.19. The molecule has 2 heterocycles. The van der Waals surface area contributed by atoms with E-state index in [-0.39, 0.29) is 4.90 Å². The van der Waals surface area contributed by atoms with Crippen molar-refractivity contribution in [2.24, 2.45) is 4.99 Å². The topological polar surface area (TPSA) is 71.7 Å². The quantitative estimate of drug-likeness (QED) is 0.542. The molecule has 0 N–H and O–H groups in total. The maximum absolute atomic E-state index is 12.9. The van der Waals surface area contributed by atoms with E-state index in [1.165, 1.54) is 23.5 Å². The molecule has 0 unspecified atom stereocenters. The van der Waals surface area contributed by atoms with Gasteiger partial charge in [0.25, 0.3) is 5.91 Å². The number of carbonyl (C=O) groups excluding carboxylic acids is 1. The fourth-order valence-electron chi connectivity index (χ4n) is 3.76. The van der Waals surface area contributed by atoms with Crippen LogP contribution in [0.3, 0.4) is 0 Å². The van der Waals surface area contributed by atoms with Crippen LogP contribution in [0.5, 0.6) is 0 Å². The van der Waals surface area contributed by atoms with Crippen molar-refractivity contribution in [1.82, 2.24) is 8.87 Å². The number of para-hydroxylation sites is 1. The average molecular weight is 456 g/mol. The van der Waals surface area contributed by atoms with Gasteiger partial charge in [-0.2, -0.15) is 9.30 Å². The molecular formula is C23H25N3O3S2. The molecule has 6 nitrogen and oxygen atoms in total. The van der Waals surface area contributed by atoms with Crippen LogP contribution in [-0.2, 0) is 16.6 Å². The Morgan fingerprint density at radius 2 is 1.71 bits per heavy atom. The number of sulfonamides is 1. The second-order valence-electron chi connectivity index (χ2n) is 7.51. The van der Waals surface area contributed by atoms with Crippen molar-refractivity contribution in [3.63, 3.8) is 0 Å². The summed E-state index contributed by atoms with van der Waals surface area (Å²) in [4.78, 5) is 17.9. The molecule has 3 aromatic rings. The van der Waals surface area contributed by atoms with E-state index in [2.05, 4.69) is 11.6 Å². The number of amides is 1. The SMILES string of the molecule is C=CCn1c(=NC(=O)c2ccc(S(=O)(=O)N3CCCCCC3)cc2)sc2ccccc21. The minimum Gasteiger partial charge on any atom is -0.312 e. The number of carbonyl (C=O) groups is 1. The number of hydrogen-bond acceptors (Lipinski definition) is 4. The number of aromatic nitrogens is 1. The molecule has 0 saturated carbocycles. The van der Waals surface area contributed by atoms with Crippen molar-refractivity contribution < 1.29 is 13.2 Å². The van der Waals surface area contributed by atoms with Gasteiger partial charge in [0.05, 0.1) is 15.1 Å². The molecule has 0 bridgehead atoms. The van der Waals surface area contributed by atoms with Crippen LogP contribution < -0.4 is 4.80 Å². The van der Waals surface area contributed by atoms with Gasteiger partial charge in [-0.1, -0.05) is 42.4 Å². The van der Waals surface area contributed by atoms with Gasteiger partial charge in [0.15, 0.2) is 4.80 Å². The molecule has 1 aliphatic rings. The van der Waals surface area contributed by atoms with Crippen LogP contribution in [0.2, 0.25) is 0 Å². The average Bonchev–Trinajstić information content (AvgIpc) is 2.95. The molecule has 162 valence electrons. The number of thiazole rings is 1. The molecule has 2 aromatic carbocycles. The summed E-state index contributed by atoms with van der Waals surface area (Å²) in [5, 5.41) is 0. The molecule has 0 spiro atoms. The van der Waals surface area contributed by atoms with Crippen LogP contribution >= 0.6 is 11.3 Å². The summed E-state index contributed by atoms with van der Waals surface area (Å²) >= 11 is 1.44. The van der Waals surface area contributed by atoms with E-state index in [1.807, 2.05) is 28.8 Å². The Labute approximate surface area is 186 Å². The molecule has 1 aromatic heterocycles. The van der Waals surface area contributed by atoms with Crippen LogP contribution in [0.15, 0.2) is 71.1 Å². The van der Waals surface area contributed by atoms with Crippen molar-refractivity contribution >= 4 is 37.5 Å². The highest BCUT2D eigenvalue weighted by Gasteiger charge is 2.25. The Bertz CT molecular complexity index is 1260. The highest BCUT2D eigenvalue weighted by molar-refractivity contribution is 7.89. The number of fused-ring (bicyclic) bond motifs is 1. The van der Waals surface area contributed by atoms with Gasteiger partial charge >= 0.3 is 0 Å². The van der Waals surface area contributed by atoms with Gasteiger partial charge in [0, 0.05) is 25.2 Å². The summed E-state index contributed by atoms with van der Waals surface area (Å²) in [5.41, 5.74) is 1.36. The summed E-state index contributed by atoms with van der Waals surface area (Å²) in [6.07, 6.45) is 5.66. The summed E-state index contributed by atoms with van der Waals surface area (Å²) < 4.78 is 30.4. The predicted molar refractivity (Wildman–Crippen MR) is 124 cm³/mol. The van der Waals surface area contributed by atoms with Crippen molar-refractivity contribution in [2.75, 3.05) is 13.1 Å². The smallest absolute Gasteiger partial charge is 0.279 e. The van der Waals surface area contributed by atoms with Gasteiger partial charge < -0.3 is 4.57 Å². The third kappa shape index (κ3) is 4.56. The molecule has 1 fully saturated rings. The van der Waals surface area contributed by atoms with Crippen LogP contribution in [0.25, 0.3) is 10.2 Å². The van der Waals surface area contributed by atoms with E-state index in [0.717, 1.165) is 35.9 Å². The highest BCUT2D eigenvalue weighted by atomic mass is 32.2. The van der Waals surface area contributed by atoms with Gasteiger partial charge in [-0.15, -0.1) is 6.58 Å². The standard InChI is InChI=1S/C23H25N3O3S2/c1-2-15-26-20-9-5-6-10-21(20)30-23(26)24-22(27)18-11-13-19(14-12-18)31(28,29)25-16-7-3-4-8-17-25/h2,5-6,9-14H,1,3-4,7-8,15-17H2. The van der Waals surface area contributed by atoms with Crippen molar-refractivity contribution in [1.29, 1.82) is 0 Å². The molecule has 8 heteroatoms. The number of hydrogen-bond donors (Lipinski definition) is 0. The number of nitrogens with zero attached hydrogens (tertiary/aromatic N) is 3. The first-order valence-corrected chi connectivity index (χ1v) is 12.6. The van der Waals surface area contributed by atoms with Crippen LogP contribution in [0.4, 0.5) is 0 Å². The fraction of sp³-hybridized carbons (Fsp3) is 0.304. The molecule has 1 aliphatic heterocycles. The lowest BCUT2D eigenvalue weighted by Crippen LogP contribution is -2.31. The van der Waals surface area contributed by atoms with Crippen molar-refractivity contribution in [3.05, 3.63) is 71.6 Å². The Morgan fingerprint density at radius 3 is 2.39 bits per heavy atom. The minimum atomic E-state index is -3.54. The van der Waals surface area contributed by atoms with E-state index in [1.54, 1.807) is 22.5 Å². The Balaban J connectivity index is 1.63. The molecule has 1 amide bonds. The first-order valence-electron chi connectivity index (χ1n) is 10.4. The molecule has 0 radical (unpaired) electrons. The maximum atomic E-state index is 12.9. The van der Waals surface area contributed by atoms with E-state index in [4.69, 9.17) is 0 Å². The number of rotatable bonds is 5. The Kier molecular flexibility index (Phi) is 6.50. The fourth-order valence-corrected chi connectivity index (χ4v) is 6.32. The molecule has 0 atom stereocenters. The second kappa shape index (κ2) is 9.30. The van der Waals surface area contributed by atoms with Crippen LogP contribution in [0.1, 0.15) is 36.0 Å². The Hall–Kier alpha value is -2.55. The van der Waals surface area contributed by atoms with E-state index < -0.39 is 15.9 Å². The lowest BCUT2D eigenvalue weighted by atomic mass is 10.2. The van der Waals surface area contributed by atoms with Gasteiger partial charge in [-0.05, 0) is 49.2 Å². The number of benzene rings is 2. The molecule has 4 rings (SSSR count). The monoisotopic (exact) mass is 455 g/mol. The van der Waals surface area contributed by atoms with E-state index in [9.17, 15) is 13.2 Å². The highest BCUT2D eigenvalue weighted by Crippen LogP contribution is 2.21. The van der Waals surface area contributed by atoms with Gasteiger partial charge in [-0.3, -0.25) is 4.79 Å². The lowest BCUT2D eigenvalue weighted by molar-refractivity contribution is 0.0998. The van der Waals surface area contributed by atoms with E-state index in [0.29, 0.717) is 30.0 Å². The lowest BCUT2D eigenvalue weighted by Gasteiger charge is -2.19. The van der Waals surface area contributed by atoms with Gasteiger partial charge in [0.2, 0.25) is 10.0 Å². The van der Waals surface area contributed by atoms with Crippen molar-refractivity contribution in [2.45, 2.75) is 37.1 Å². The molecular weight excluding hydrogens is 430 g/mol. The Morgan fingerprint density at radius 1 is 1.03 bits per heavy atom. The van der Waals surface area contributed by atoms with Crippen LogP contribution in [-0.4, -0.2) is 36.3 Å². The van der Waals surface area contributed by atoms with Gasteiger partial charge in [-0.25, -0.2) is 8.42 Å². The third-order valence-corrected chi connectivity index (χ3v) is 8.37. The van der Waals surface area contributed by atoms with Gasteiger partial charge in [0.1, 0.15) is 0 Å². The van der Waals surface area contributed by atoms with Crippen molar-refractivity contribution in [3.8, 4) is 0 Å². The molecule has 1 saturated heterocycles. The molecule has 31 heavy (non-hydrogen) atoms. The zero-order valence-corrected chi connectivity index (χ0v) is 18.9. The summed E-state index contributed by atoms with van der Waals surface area (Å²) in [5.74, 6) is -0.400. The number of allylic oxidation sites excluding steroid dienone is 1. The zero-order valence-electron chi connectivity index (χ0n) is 17.2. The second-order valence-corrected chi connectivity index (χ2v) is 10.5. The summed E-state index contributed by atoms with van der Waals surface area (Å²) in [7, 11) is -3.54. The van der Waals surface area contributed by atoms with Crippen LogP contribution in [0, 0.1) is 0 Å². The summed E-state index contributed by atoms with van der Waals surface area (Å²) in [6.45, 7) is 5.44. The first-order chi connectivity index (χ1) is 15.0. The largest absolute Gasteiger partial charge is 0.312 e. The minimum absolute atomic E-state index is 0.217. The summed E-state index contributed by atoms with van der Waals surface area (Å²) in [6, 6.07) is 14.0. The maximum Gasteiger partial charge on any atom is 0.279 e. The van der Waals surface area contributed by atoms with E-state index >= 15 is 0 Å². The first kappa shape index (κ1) is 21.7. The third-order valence-electron chi connectivity index (χ3n) is 5.40. The molecule has 0 aliphatic carbocycles. The normalized spacial score (nSPS) is 16.3. The zero-order chi connectivity index (χ0) is 21.8.